The lowest BCUT2D eigenvalue weighted by Gasteiger charge is -2.30. The lowest BCUT2D eigenvalue weighted by atomic mass is 9.82. The van der Waals surface area contributed by atoms with Gasteiger partial charge in [0, 0.05) is 12.5 Å². The monoisotopic (exact) mass is 199 g/mol. The third kappa shape index (κ3) is 1.42. The van der Waals surface area contributed by atoms with Gasteiger partial charge in [-0.1, -0.05) is 0 Å². The number of aliphatic hydroxyl groups excluding tert-OH is 1. The fourth-order valence-corrected chi connectivity index (χ4v) is 2.01. The van der Waals surface area contributed by atoms with Gasteiger partial charge in [0.25, 0.3) is 0 Å². The average Bonchev–Trinajstić information content (AvgIpc) is 2.41. The molecule has 0 unspecified atom stereocenters. The molecule has 1 aromatic heterocycles. The average molecular weight is 199 g/mol. The molecule has 13 heavy (non-hydrogen) atoms. The van der Waals surface area contributed by atoms with Gasteiger partial charge in [-0.05, 0) is 32.0 Å². The second-order valence-electron chi connectivity index (χ2n) is 3.45. The molecule has 0 saturated heterocycles. The zero-order chi connectivity index (χ0) is 9.42. The largest absolute Gasteiger partial charge is 0.393 e. The minimum absolute atomic E-state index is 0.138. The molecule has 1 aromatic rings. The molecular weight excluding hydrogens is 186 g/mol. The smallest absolute Gasteiger partial charge is 0.195 e. The van der Waals surface area contributed by atoms with Gasteiger partial charge in [0.15, 0.2) is 4.77 Å². The molecule has 0 atom stereocenters. The number of H-pyrrole nitrogens is 1. The van der Waals surface area contributed by atoms with Crippen LogP contribution < -0.4 is 0 Å². The van der Waals surface area contributed by atoms with Crippen molar-refractivity contribution in [3.05, 3.63) is 10.6 Å². The molecule has 2 rings (SSSR count). The van der Waals surface area contributed by atoms with Crippen LogP contribution in [0.4, 0.5) is 0 Å². The molecular formula is C8H13N3OS. The summed E-state index contributed by atoms with van der Waals surface area (Å²) in [6.07, 6.45) is 1.50. The van der Waals surface area contributed by atoms with Crippen LogP contribution in [-0.2, 0) is 6.54 Å². The van der Waals surface area contributed by atoms with E-state index in [1.54, 1.807) is 0 Å². The van der Waals surface area contributed by atoms with Gasteiger partial charge < -0.3 is 9.67 Å². The summed E-state index contributed by atoms with van der Waals surface area (Å²) in [5.41, 5.74) is 0. The Kier molecular flexibility index (Phi) is 2.21. The van der Waals surface area contributed by atoms with E-state index in [0.717, 1.165) is 25.2 Å². The van der Waals surface area contributed by atoms with E-state index in [1.165, 1.54) is 0 Å². The third-order valence-corrected chi connectivity index (χ3v) is 2.89. The Bertz CT molecular complexity index is 351. The van der Waals surface area contributed by atoms with Crippen LogP contribution in [0.25, 0.3) is 0 Å². The highest BCUT2D eigenvalue weighted by molar-refractivity contribution is 7.71. The van der Waals surface area contributed by atoms with Crippen molar-refractivity contribution in [1.82, 2.24) is 14.8 Å². The molecule has 0 aromatic carbocycles. The van der Waals surface area contributed by atoms with Crippen molar-refractivity contribution in [2.24, 2.45) is 0 Å². The molecule has 0 aliphatic heterocycles. The van der Waals surface area contributed by atoms with Crippen molar-refractivity contribution in [1.29, 1.82) is 0 Å². The summed E-state index contributed by atoms with van der Waals surface area (Å²) in [5.74, 6) is 1.39. The summed E-state index contributed by atoms with van der Waals surface area (Å²) in [4.78, 5) is 0. The Morgan fingerprint density at radius 2 is 2.38 bits per heavy atom. The maximum atomic E-state index is 9.18. The molecule has 72 valence electrons. The quantitative estimate of drug-likeness (QED) is 0.704. The second-order valence-corrected chi connectivity index (χ2v) is 3.84. The number of hydrogen-bond donors (Lipinski definition) is 2. The minimum atomic E-state index is -0.138. The minimum Gasteiger partial charge on any atom is -0.393 e. The highest BCUT2D eigenvalue weighted by Gasteiger charge is 2.32. The van der Waals surface area contributed by atoms with Crippen LogP contribution in [0.15, 0.2) is 0 Å². The maximum Gasteiger partial charge on any atom is 0.195 e. The van der Waals surface area contributed by atoms with E-state index < -0.39 is 0 Å². The first-order valence-corrected chi connectivity index (χ1v) is 4.96. The van der Waals surface area contributed by atoms with E-state index in [1.807, 2.05) is 11.5 Å². The Hall–Kier alpha value is -0.680. The number of hydrogen-bond acceptors (Lipinski definition) is 3. The van der Waals surface area contributed by atoms with E-state index in [-0.39, 0.29) is 6.10 Å². The highest BCUT2D eigenvalue weighted by Crippen LogP contribution is 2.35. The SMILES string of the molecule is CCn1c(C2CC(O)C2)n[nH]c1=S. The van der Waals surface area contributed by atoms with Gasteiger partial charge in [0.1, 0.15) is 5.82 Å². The molecule has 2 N–H and O–H groups in total. The molecule has 0 spiro atoms. The summed E-state index contributed by atoms with van der Waals surface area (Å²) in [6, 6.07) is 0. The molecule has 1 aliphatic carbocycles. The molecule has 0 bridgehead atoms. The van der Waals surface area contributed by atoms with Gasteiger partial charge in [-0.15, -0.1) is 0 Å². The van der Waals surface area contributed by atoms with Crippen molar-refractivity contribution < 1.29 is 5.11 Å². The van der Waals surface area contributed by atoms with Crippen LogP contribution in [-0.4, -0.2) is 26.0 Å². The van der Waals surface area contributed by atoms with Gasteiger partial charge in [0.2, 0.25) is 0 Å². The van der Waals surface area contributed by atoms with Crippen molar-refractivity contribution in [2.45, 2.75) is 38.3 Å². The van der Waals surface area contributed by atoms with Crippen LogP contribution in [0.3, 0.4) is 0 Å². The molecule has 5 heteroatoms. The van der Waals surface area contributed by atoms with Gasteiger partial charge in [0.05, 0.1) is 6.10 Å². The first-order valence-electron chi connectivity index (χ1n) is 4.55. The fraction of sp³-hybridized carbons (Fsp3) is 0.750. The van der Waals surface area contributed by atoms with E-state index in [4.69, 9.17) is 12.2 Å². The number of nitrogens with one attached hydrogen (secondary N) is 1. The van der Waals surface area contributed by atoms with Gasteiger partial charge in [-0.2, -0.15) is 5.10 Å². The topological polar surface area (TPSA) is 53.8 Å². The van der Waals surface area contributed by atoms with Crippen molar-refractivity contribution >= 4 is 12.2 Å². The number of rotatable bonds is 2. The lowest BCUT2D eigenvalue weighted by Crippen LogP contribution is -2.28. The Morgan fingerprint density at radius 3 is 2.92 bits per heavy atom. The molecule has 1 heterocycles. The van der Waals surface area contributed by atoms with Crippen molar-refractivity contribution in [3.63, 3.8) is 0 Å². The number of aromatic amines is 1. The van der Waals surface area contributed by atoms with Crippen LogP contribution in [0.2, 0.25) is 0 Å². The zero-order valence-corrected chi connectivity index (χ0v) is 8.34. The predicted molar refractivity (Wildman–Crippen MR) is 51.1 cm³/mol. The molecule has 1 saturated carbocycles. The number of aromatic nitrogens is 3. The van der Waals surface area contributed by atoms with Gasteiger partial charge in [-0.3, -0.25) is 5.10 Å². The van der Waals surface area contributed by atoms with Crippen molar-refractivity contribution in [3.8, 4) is 0 Å². The van der Waals surface area contributed by atoms with Gasteiger partial charge in [-0.25, -0.2) is 0 Å². The molecule has 0 radical (unpaired) electrons. The first kappa shape index (κ1) is 8.90. The Labute approximate surface area is 81.6 Å². The second kappa shape index (κ2) is 3.23. The van der Waals surface area contributed by atoms with Crippen molar-refractivity contribution in [2.75, 3.05) is 0 Å². The summed E-state index contributed by atoms with van der Waals surface area (Å²) < 4.78 is 2.67. The normalized spacial score (nSPS) is 27.2. The van der Waals surface area contributed by atoms with Crippen LogP contribution in [0.1, 0.15) is 31.5 Å². The standard InChI is InChI=1S/C8H13N3OS/c1-2-11-7(9-10-8(11)13)5-3-6(12)4-5/h5-6,12H,2-4H2,1H3,(H,10,13). The summed E-state index contributed by atoms with van der Waals surface area (Å²) in [5, 5.41) is 16.1. The van der Waals surface area contributed by atoms with Crippen LogP contribution in [0.5, 0.6) is 0 Å². The number of nitrogens with zero attached hydrogens (tertiary/aromatic N) is 2. The van der Waals surface area contributed by atoms with E-state index in [9.17, 15) is 5.11 Å². The maximum absolute atomic E-state index is 9.18. The fourth-order valence-electron chi connectivity index (χ4n) is 1.75. The zero-order valence-electron chi connectivity index (χ0n) is 7.53. The van der Waals surface area contributed by atoms with Crippen LogP contribution in [0, 0.1) is 4.77 Å². The summed E-state index contributed by atoms with van der Waals surface area (Å²) in [6.45, 7) is 2.89. The molecule has 1 aliphatic rings. The number of aliphatic hydroxyl groups is 1. The van der Waals surface area contributed by atoms with E-state index >= 15 is 0 Å². The molecule has 4 nitrogen and oxygen atoms in total. The Balaban J connectivity index is 2.25. The predicted octanol–water partition coefficient (Wildman–Crippen LogP) is 1.20. The van der Waals surface area contributed by atoms with E-state index in [2.05, 4.69) is 10.2 Å². The summed E-state index contributed by atoms with van der Waals surface area (Å²) in [7, 11) is 0. The first-order chi connectivity index (χ1) is 6.22. The van der Waals surface area contributed by atoms with E-state index in [0.29, 0.717) is 10.7 Å². The van der Waals surface area contributed by atoms with Gasteiger partial charge >= 0.3 is 0 Å². The highest BCUT2D eigenvalue weighted by atomic mass is 32.1. The molecule has 0 amide bonds. The Morgan fingerprint density at radius 1 is 1.69 bits per heavy atom. The summed E-state index contributed by atoms with van der Waals surface area (Å²) >= 11 is 5.08. The molecule has 1 fully saturated rings. The van der Waals surface area contributed by atoms with Crippen LogP contribution >= 0.6 is 12.2 Å². The third-order valence-electron chi connectivity index (χ3n) is 2.58. The lowest BCUT2D eigenvalue weighted by molar-refractivity contribution is 0.0703.